The van der Waals surface area contributed by atoms with Gasteiger partial charge in [0.25, 0.3) is 0 Å². The first kappa shape index (κ1) is 20.5. The van der Waals surface area contributed by atoms with Crippen LogP contribution in [0.15, 0.2) is 65.2 Å². The molecule has 7 heteroatoms. The second kappa shape index (κ2) is 10.3. The maximum atomic E-state index is 12.3. The normalized spacial score (nSPS) is 14.4. The van der Waals surface area contributed by atoms with Crippen LogP contribution < -0.4 is 10.6 Å². The van der Waals surface area contributed by atoms with E-state index in [1.807, 2.05) is 60.3 Å². The maximum Gasteiger partial charge on any atom is 0.319 e. The van der Waals surface area contributed by atoms with E-state index < -0.39 is 0 Å². The lowest BCUT2D eigenvalue weighted by atomic mass is 10.2. The van der Waals surface area contributed by atoms with Gasteiger partial charge < -0.3 is 19.8 Å². The van der Waals surface area contributed by atoms with E-state index in [1.165, 1.54) is 5.56 Å². The van der Waals surface area contributed by atoms with Crippen LogP contribution in [0.4, 0.5) is 10.5 Å². The standard InChI is InChI=1S/C23H25N3O3S/c27-23(25-15-22-24-14-21(29-22)18-6-2-1-3-7-18)26-19-8-4-5-17(13-19)16-30-20-9-11-28-12-10-20/h1-8,13-14,20H,9-12,15-16H2,(H2,25,26,27). The van der Waals surface area contributed by atoms with Crippen molar-refractivity contribution >= 4 is 23.5 Å². The summed E-state index contributed by atoms with van der Waals surface area (Å²) in [6.07, 6.45) is 3.89. The molecule has 6 nitrogen and oxygen atoms in total. The highest BCUT2D eigenvalue weighted by atomic mass is 32.2. The molecule has 2 amide bonds. The molecule has 0 radical (unpaired) electrons. The second-order valence-corrected chi connectivity index (χ2v) is 8.40. The van der Waals surface area contributed by atoms with Crippen molar-refractivity contribution in [2.75, 3.05) is 18.5 Å². The van der Waals surface area contributed by atoms with Gasteiger partial charge in [-0.15, -0.1) is 0 Å². The van der Waals surface area contributed by atoms with E-state index >= 15 is 0 Å². The van der Waals surface area contributed by atoms with Gasteiger partial charge in [-0.25, -0.2) is 9.78 Å². The molecule has 2 aromatic carbocycles. The zero-order valence-electron chi connectivity index (χ0n) is 16.7. The minimum absolute atomic E-state index is 0.220. The summed E-state index contributed by atoms with van der Waals surface area (Å²) in [7, 11) is 0. The van der Waals surface area contributed by atoms with Crippen LogP contribution >= 0.6 is 11.8 Å². The van der Waals surface area contributed by atoms with Crippen LogP contribution in [0.1, 0.15) is 24.3 Å². The van der Waals surface area contributed by atoms with Gasteiger partial charge in [-0.2, -0.15) is 11.8 Å². The number of thioether (sulfide) groups is 1. The van der Waals surface area contributed by atoms with Crippen LogP contribution in [-0.4, -0.2) is 29.5 Å². The molecule has 1 fully saturated rings. The number of aromatic nitrogens is 1. The van der Waals surface area contributed by atoms with Gasteiger partial charge in [-0.1, -0.05) is 42.5 Å². The molecule has 0 spiro atoms. The van der Waals surface area contributed by atoms with E-state index in [1.54, 1.807) is 6.20 Å². The summed E-state index contributed by atoms with van der Waals surface area (Å²) in [4.78, 5) is 16.5. The molecule has 4 rings (SSSR count). The summed E-state index contributed by atoms with van der Waals surface area (Å²) < 4.78 is 11.1. The molecule has 2 heterocycles. The molecule has 0 saturated carbocycles. The Kier molecular flexibility index (Phi) is 7.05. The zero-order valence-corrected chi connectivity index (χ0v) is 17.5. The van der Waals surface area contributed by atoms with Crippen LogP contribution in [0.2, 0.25) is 0 Å². The number of urea groups is 1. The highest BCUT2D eigenvalue weighted by Crippen LogP contribution is 2.26. The number of amides is 2. The minimum Gasteiger partial charge on any atom is -0.439 e. The summed E-state index contributed by atoms with van der Waals surface area (Å²) >= 11 is 1.96. The molecule has 1 aromatic heterocycles. The fraction of sp³-hybridized carbons (Fsp3) is 0.304. The van der Waals surface area contributed by atoms with Gasteiger partial charge >= 0.3 is 6.03 Å². The third-order valence-electron chi connectivity index (χ3n) is 4.85. The summed E-state index contributed by atoms with van der Waals surface area (Å²) in [6, 6.07) is 17.4. The van der Waals surface area contributed by atoms with Crippen molar-refractivity contribution in [2.24, 2.45) is 0 Å². The van der Waals surface area contributed by atoms with Crippen molar-refractivity contribution < 1.29 is 13.9 Å². The third-order valence-corrected chi connectivity index (χ3v) is 6.29. The molecule has 0 bridgehead atoms. The molecule has 156 valence electrons. The predicted molar refractivity (Wildman–Crippen MR) is 119 cm³/mol. The average molecular weight is 424 g/mol. The Labute approximate surface area is 180 Å². The van der Waals surface area contributed by atoms with Crippen LogP contribution in [0.3, 0.4) is 0 Å². The van der Waals surface area contributed by atoms with Gasteiger partial charge in [0.05, 0.1) is 12.7 Å². The third kappa shape index (κ3) is 5.87. The van der Waals surface area contributed by atoms with Crippen LogP contribution in [0.25, 0.3) is 11.3 Å². The number of oxazole rings is 1. The first-order valence-corrected chi connectivity index (χ1v) is 11.1. The second-order valence-electron chi connectivity index (χ2n) is 7.12. The molecule has 1 aliphatic rings. The van der Waals surface area contributed by atoms with Crippen LogP contribution in [-0.2, 0) is 17.0 Å². The molecule has 0 unspecified atom stereocenters. The number of nitrogens with one attached hydrogen (secondary N) is 2. The highest BCUT2D eigenvalue weighted by molar-refractivity contribution is 7.99. The molecular weight excluding hydrogens is 398 g/mol. The first-order chi connectivity index (χ1) is 14.8. The predicted octanol–water partition coefficient (Wildman–Crippen LogP) is 5.08. The van der Waals surface area contributed by atoms with Crippen molar-refractivity contribution in [3.05, 3.63) is 72.2 Å². The Morgan fingerprint density at radius 2 is 1.93 bits per heavy atom. The van der Waals surface area contributed by atoms with Gasteiger partial charge in [-0.3, -0.25) is 0 Å². The summed E-state index contributed by atoms with van der Waals surface area (Å²) in [5, 5.41) is 6.32. The monoisotopic (exact) mass is 423 g/mol. The molecule has 1 aliphatic heterocycles. The molecule has 2 N–H and O–H groups in total. The van der Waals surface area contributed by atoms with Gasteiger partial charge in [0.1, 0.15) is 0 Å². The SMILES string of the molecule is O=C(NCc1ncc(-c2ccccc2)o1)Nc1cccc(CSC2CCOCC2)c1. The van der Waals surface area contributed by atoms with Gasteiger partial charge in [0.15, 0.2) is 5.76 Å². The fourth-order valence-electron chi connectivity index (χ4n) is 3.25. The topological polar surface area (TPSA) is 76.4 Å². The van der Waals surface area contributed by atoms with E-state index in [0.717, 1.165) is 43.1 Å². The van der Waals surface area contributed by atoms with Crippen molar-refractivity contribution in [2.45, 2.75) is 30.4 Å². The van der Waals surface area contributed by atoms with E-state index in [2.05, 4.69) is 21.7 Å². The number of ether oxygens (including phenoxy) is 1. The number of hydrogen-bond acceptors (Lipinski definition) is 5. The van der Waals surface area contributed by atoms with Crippen LogP contribution in [0, 0.1) is 0 Å². The number of anilines is 1. The lowest BCUT2D eigenvalue weighted by molar-refractivity contribution is 0.1000. The lowest BCUT2D eigenvalue weighted by Crippen LogP contribution is -2.28. The Bertz CT molecular complexity index is 955. The molecule has 0 atom stereocenters. The van der Waals surface area contributed by atoms with Gasteiger partial charge in [-0.05, 0) is 30.5 Å². The quantitative estimate of drug-likeness (QED) is 0.554. The summed E-state index contributed by atoms with van der Waals surface area (Å²) in [5.74, 6) is 2.08. The van der Waals surface area contributed by atoms with E-state index in [-0.39, 0.29) is 12.6 Å². The zero-order chi connectivity index (χ0) is 20.6. The lowest BCUT2D eigenvalue weighted by Gasteiger charge is -2.21. The molecular formula is C23H25N3O3S. The van der Waals surface area contributed by atoms with Crippen molar-refractivity contribution in [1.82, 2.24) is 10.3 Å². The Morgan fingerprint density at radius 3 is 2.77 bits per heavy atom. The average Bonchev–Trinajstić information content (AvgIpc) is 3.27. The highest BCUT2D eigenvalue weighted by Gasteiger charge is 2.14. The number of benzene rings is 2. The molecule has 3 aromatic rings. The van der Waals surface area contributed by atoms with Crippen LogP contribution in [0.5, 0.6) is 0 Å². The largest absolute Gasteiger partial charge is 0.439 e. The van der Waals surface area contributed by atoms with Gasteiger partial charge in [0, 0.05) is 35.5 Å². The van der Waals surface area contributed by atoms with Crippen molar-refractivity contribution in [1.29, 1.82) is 0 Å². The summed E-state index contributed by atoms with van der Waals surface area (Å²) in [6.45, 7) is 1.94. The van der Waals surface area contributed by atoms with E-state index in [9.17, 15) is 4.79 Å². The number of hydrogen-bond donors (Lipinski definition) is 2. The smallest absolute Gasteiger partial charge is 0.319 e. The molecule has 1 saturated heterocycles. The number of rotatable bonds is 7. The summed E-state index contributed by atoms with van der Waals surface area (Å²) in [5.41, 5.74) is 2.93. The van der Waals surface area contributed by atoms with Gasteiger partial charge in [0.2, 0.25) is 5.89 Å². The van der Waals surface area contributed by atoms with E-state index in [4.69, 9.17) is 9.15 Å². The van der Waals surface area contributed by atoms with Crippen molar-refractivity contribution in [3.63, 3.8) is 0 Å². The Hall–Kier alpha value is -2.77. The molecule has 0 aliphatic carbocycles. The minimum atomic E-state index is -0.288. The number of carbonyl (C=O) groups is 1. The first-order valence-electron chi connectivity index (χ1n) is 10.1. The molecule has 30 heavy (non-hydrogen) atoms. The Morgan fingerprint density at radius 1 is 1.10 bits per heavy atom. The maximum absolute atomic E-state index is 12.3. The Balaban J connectivity index is 1.25. The van der Waals surface area contributed by atoms with Crippen molar-refractivity contribution in [3.8, 4) is 11.3 Å². The number of nitrogens with zero attached hydrogens (tertiary/aromatic N) is 1. The number of carbonyl (C=O) groups excluding carboxylic acids is 1. The fourth-order valence-corrected chi connectivity index (χ4v) is 4.39. The van der Waals surface area contributed by atoms with E-state index in [0.29, 0.717) is 16.9 Å².